The van der Waals surface area contributed by atoms with Crippen LogP contribution in [-0.2, 0) is 0 Å². The topological polar surface area (TPSA) is 68.9 Å². The Balaban J connectivity index is 2.53. The maximum atomic E-state index is 11.0. The molecule has 0 atom stereocenters. The predicted molar refractivity (Wildman–Crippen MR) is 60.7 cm³/mol. The first-order valence-electron chi connectivity index (χ1n) is 4.86. The Morgan fingerprint density at radius 2 is 2.00 bits per heavy atom. The summed E-state index contributed by atoms with van der Waals surface area (Å²) in [6.07, 6.45) is 1.35. The van der Waals surface area contributed by atoms with Crippen molar-refractivity contribution < 1.29 is 4.79 Å². The summed E-state index contributed by atoms with van der Waals surface area (Å²) < 4.78 is 0. The molecular formula is C12H11N3O. The summed E-state index contributed by atoms with van der Waals surface area (Å²) in [5.41, 5.74) is 8.18. The van der Waals surface area contributed by atoms with Gasteiger partial charge in [0.15, 0.2) is 0 Å². The first-order valence-corrected chi connectivity index (χ1v) is 4.86. The molecular weight excluding hydrogens is 202 g/mol. The zero-order valence-electron chi connectivity index (χ0n) is 8.84. The van der Waals surface area contributed by atoms with E-state index in [0.29, 0.717) is 5.69 Å². The van der Waals surface area contributed by atoms with Crippen LogP contribution in [0.15, 0.2) is 36.7 Å². The standard InChI is InChI=1S/C12H11N3O/c1-8-4-2-3-5-9(8)10-6-11(12(13)16)15-7-14-10/h2-7H,1H3,(H2,13,16). The number of benzene rings is 1. The fraction of sp³-hybridized carbons (Fsp3) is 0.0833. The van der Waals surface area contributed by atoms with Crippen molar-refractivity contribution >= 4 is 5.91 Å². The highest BCUT2D eigenvalue weighted by Gasteiger charge is 2.07. The van der Waals surface area contributed by atoms with E-state index >= 15 is 0 Å². The molecule has 0 aliphatic carbocycles. The van der Waals surface area contributed by atoms with E-state index in [-0.39, 0.29) is 5.69 Å². The number of hydrogen-bond acceptors (Lipinski definition) is 3. The van der Waals surface area contributed by atoms with Gasteiger partial charge in [-0.3, -0.25) is 4.79 Å². The highest BCUT2D eigenvalue weighted by atomic mass is 16.1. The zero-order chi connectivity index (χ0) is 11.5. The van der Waals surface area contributed by atoms with E-state index in [1.807, 2.05) is 31.2 Å². The lowest BCUT2D eigenvalue weighted by molar-refractivity contribution is 0.0995. The number of nitrogens with two attached hydrogens (primary N) is 1. The maximum absolute atomic E-state index is 11.0. The molecule has 0 bridgehead atoms. The minimum absolute atomic E-state index is 0.230. The van der Waals surface area contributed by atoms with Crippen molar-refractivity contribution in [1.82, 2.24) is 9.97 Å². The van der Waals surface area contributed by atoms with Gasteiger partial charge in [0.2, 0.25) is 0 Å². The van der Waals surface area contributed by atoms with Crippen molar-refractivity contribution in [3.05, 3.63) is 47.9 Å². The molecule has 1 aromatic heterocycles. The SMILES string of the molecule is Cc1ccccc1-c1cc(C(N)=O)ncn1. The Morgan fingerprint density at radius 1 is 1.25 bits per heavy atom. The Bertz CT molecular complexity index is 537. The van der Waals surface area contributed by atoms with E-state index < -0.39 is 5.91 Å². The van der Waals surface area contributed by atoms with Gasteiger partial charge in [0, 0.05) is 5.56 Å². The summed E-state index contributed by atoms with van der Waals surface area (Å²) >= 11 is 0. The number of nitrogens with zero attached hydrogens (tertiary/aromatic N) is 2. The molecule has 1 amide bonds. The van der Waals surface area contributed by atoms with Crippen LogP contribution in [0.25, 0.3) is 11.3 Å². The highest BCUT2D eigenvalue weighted by Crippen LogP contribution is 2.20. The van der Waals surface area contributed by atoms with E-state index in [9.17, 15) is 4.79 Å². The van der Waals surface area contributed by atoms with Gasteiger partial charge in [0.1, 0.15) is 12.0 Å². The maximum Gasteiger partial charge on any atom is 0.267 e. The van der Waals surface area contributed by atoms with Crippen LogP contribution in [0.3, 0.4) is 0 Å². The van der Waals surface area contributed by atoms with Crippen molar-refractivity contribution in [2.75, 3.05) is 0 Å². The predicted octanol–water partition coefficient (Wildman–Crippen LogP) is 1.55. The third-order valence-electron chi connectivity index (χ3n) is 2.34. The molecule has 2 N–H and O–H groups in total. The lowest BCUT2D eigenvalue weighted by atomic mass is 10.1. The molecule has 2 rings (SSSR count). The van der Waals surface area contributed by atoms with Crippen molar-refractivity contribution in [2.45, 2.75) is 6.92 Å². The molecule has 0 spiro atoms. The van der Waals surface area contributed by atoms with E-state index in [0.717, 1.165) is 11.1 Å². The van der Waals surface area contributed by atoms with Gasteiger partial charge in [0.25, 0.3) is 5.91 Å². The van der Waals surface area contributed by atoms with Gasteiger partial charge < -0.3 is 5.73 Å². The monoisotopic (exact) mass is 213 g/mol. The van der Waals surface area contributed by atoms with Crippen LogP contribution in [-0.4, -0.2) is 15.9 Å². The molecule has 4 nitrogen and oxygen atoms in total. The first kappa shape index (κ1) is 10.3. The second-order valence-corrected chi connectivity index (χ2v) is 3.47. The Kier molecular flexibility index (Phi) is 2.64. The quantitative estimate of drug-likeness (QED) is 0.822. The molecule has 16 heavy (non-hydrogen) atoms. The van der Waals surface area contributed by atoms with Gasteiger partial charge in [-0.1, -0.05) is 24.3 Å². The molecule has 0 saturated carbocycles. The summed E-state index contributed by atoms with van der Waals surface area (Å²) in [6.45, 7) is 1.99. The fourth-order valence-corrected chi connectivity index (χ4v) is 1.50. The lowest BCUT2D eigenvalue weighted by Gasteiger charge is -2.04. The van der Waals surface area contributed by atoms with Crippen molar-refractivity contribution in [1.29, 1.82) is 0 Å². The van der Waals surface area contributed by atoms with Gasteiger partial charge in [-0.2, -0.15) is 0 Å². The Labute approximate surface area is 93.2 Å². The third kappa shape index (κ3) is 1.91. The summed E-state index contributed by atoms with van der Waals surface area (Å²) in [7, 11) is 0. The van der Waals surface area contributed by atoms with Crippen molar-refractivity contribution in [2.24, 2.45) is 5.73 Å². The normalized spacial score (nSPS) is 10.1. The first-order chi connectivity index (χ1) is 7.68. The summed E-state index contributed by atoms with van der Waals surface area (Å²) in [5.74, 6) is -0.544. The molecule has 0 saturated heterocycles. The number of carbonyl (C=O) groups is 1. The van der Waals surface area contributed by atoms with E-state index in [1.54, 1.807) is 6.07 Å². The summed E-state index contributed by atoms with van der Waals surface area (Å²) in [5, 5.41) is 0. The van der Waals surface area contributed by atoms with Crippen LogP contribution in [0.2, 0.25) is 0 Å². The molecule has 80 valence electrons. The van der Waals surface area contributed by atoms with Crippen LogP contribution in [0.4, 0.5) is 0 Å². The van der Waals surface area contributed by atoms with Gasteiger partial charge in [-0.25, -0.2) is 9.97 Å². The van der Waals surface area contributed by atoms with Gasteiger partial charge in [-0.15, -0.1) is 0 Å². The summed E-state index contributed by atoms with van der Waals surface area (Å²) in [4.78, 5) is 18.9. The minimum atomic E-state index is -0.544. The number of amides is 1. The molecule has 0 fully saturated rings. The van der Waals surface area contributed by atoms with E-state index in [1.165, 1.54) is 6.33 Å². The lowest BCUT2D eigenvalue weighted by Crippen LogP contribution is -2.13. The van der Waals surface area contributed by atoms with E-state index in [2.05, 4.69) is 9.97 Å². The van der Waals surface area contributed by atoms with Crippen LogP contribution in [0.5, 0.6) is 0 Å². The Hall–Kier alpha value is -2.23. The third-order valence-corrected chi connectivity index (χ3v) is 2.34. The number of aryl methyl sites for hydroxylation is 1. The number of hydrogen-bond donors (Lipinski definition) is 1. The summed E-state index contributed by atoms with van der Waals surface area (Å²) in [6, 6.07) is 9.41. The molecule has 1 heterocycles. The van der Waals surface area contributed by atoms with Gasteiger partial charge in [0.05, 0.1) is 5.69 Å². The average Bonchev–Trinajstić information content (AvgIpc) is 2.30. The second-order valence-electron chi connectivity index (χ2n) is 3.47. The van der Waals surface area contributed by atoms with Gasteiger partial charge >= 0.3 is 0 Å². The van der Waals surface area contributed by atoms with Crippen LogP contribution < -0.4 is 5.73 Å². The average molecular weight is 213 g/mol. The smallest absolute Gasteiger partial charge is 0.267 e. The number of carbonyl (C=O) groups excluding carboxylic acids is 1. The number of aromatic nitrogens is 2. The molecule has 0 aliphatic rings. The highest BCUT2D eigenvalue weighted by molar-refractivity contribution is 5.91. The van der Waals surface area contributed by atoms with Crippen LogP contribution in [0, 0.1) is 6.92 Å². The number of primary amides is 1. The minimum Gasteiger partial charge on any atom is -0.364 e. The Morgan fingerprint density at radius 3 is 2.69 bits per heavy atom. The largest absolute Gasteiger partial charge is 0.364 e. The molecule has 2 aromatic rings. The van der Waals surface area contributed by atoms with Crippen LogP contribution in [0.1, 0.15) is 16.1 Å². The molecule has 0 aliphatic heterocycles. The molecule has 1 aromatic carbocycles. The number of rotatable bonds is 2. The second kappa shape index (κ2) is 4.10. The van der Waals surface area contributed by atoms with E-state index in [4.69, 9.17) is 5.73 Å². The molecule has 0 unspecified atom stereocenters. The van der Waals surface area contributed by atoms with Crippen molar-refractivity contribution in [3.63, 3.8) is 0 Å². The van der Waals surface area contributed by atoms with Crippen molar-refractivity contribution in [3.8, 4) is 11.3 Å². The molecule has 0 radical (unpaired) electrons. The molecule has 4 heteroatoms. The fourth-order valence-electron chi connectivity index (χ4n) is 1.50. The zero-order valence-corrected chi connectivity index (χ0v) is 8.84. The van der Waals surface area contributed by atoms with Crippen LogP contribution >= 0.6 is 0 Å². The van der Waals surface area contributed by atoms with Gasteiger partial charge in [-0.05, 0) is 18.6 Å².